The molecule has 2 unspecified atom stereocenters. The van der Waals surface area contributed by atoms with E-state index in [-0.39, 0.29) is 66.0 Å². The van der Waals surface area contributed by atoms with Crippen molar-refractivity contribution in [2.75, 3.05) is 13.2 Å². The Morgan fingerprint density at radius 3 is 1.23 bits per heavy atom. The van der Waals surface area contributed by atoms with E-state index < -0.39 is 46.5 Å². The number of esters is 4. The van der Waals surface area contributed by atoms with E-state index in [1.165, 1.54) is 0 Å². The highest BCUT2D eigenvalue weighted by Gasteiger charge is 2.38. The fourth-order valence-electron chi connectivity index (χ4n) is 6.29. The first-order valence-corrected chi connectivity index (χ1v) is 17.9. The minimum absolute atomic E-state index is 0.00140. The lowest BCUT2D eigenvalue weighted by Crippen LogP contribution is -2.29. The summed E-state index contributed by atoms with van der Waals surface area (Å²) in [6.45, 7) is 8.36. The molecule has 262 valence electrons. The summed E-state index contributed by atoms with van der Waals surface area (Å²) in [6.07, 6.45) is 8.38. The molecule has 0 saturated heterocycles. The van der Waals surface area contributed by atoms with Crippen molar-refractivity contribution in [3.8, 4) is 11.5 Å². The molecule has 2 fully saturated rings. The highest BCUT2D eigenvalue weighted by molar-refractivity contribution is 6.47. The Hall–Kier alpha value is -1.94. The first kappa shape index (κ1) is 38.9. The summed E-state index contributed by atoms with van der Waals surface area (Å²) in [4.78, 5) is 52.7. The van der Waals surface area contributed by atoms with Gasteiger partial charge in [0.05, 0.1) is 43.3 Å². The van der Waals surface area contributed by atoms with E-state index in [2.05, 4.69) is 13.8 Å². The number of halogens is 6. The lowest BCUT2D eigenvalue weighted by molar-refractivity contribution is -0.156. The monoisotopic (exact) mass is 782 g/mol. The number of carbonyl (C=O) groups excluding carboxylic acids is 4. The predicted molar refractivity (Wildman–Crippen MR) is 186 cm³/mol. The van der Waals surface area contributed by atoms with Crippen molar-refractivity contribution in [2.24, 2.45) is 22.7 Å². The van der Waals surface area contributed by atoms with E-state index in [4.69, 9.17) is 88.6 Å². The first-order valence-electron chi connectivity index (χ1n) is 15.6. The molecule has 2 atom stereocenters. The quantitative estimate of drug-likeness (QED) is 0.101. The van der Waals surface area contributed by atoms with Gasteiger partial charge in [0.15, 0.2) is 11.5 Å². The minimum Gasteiger partial charge on any atom is -0.462 e. The molecule has 0 aromatic heterocycles. The van der Waals surface area contributed by atoms with Crippen molar-refractivity contribution in [1.82, 2.24) is 0 Å². The van der Waals surface area contributed by atoms with Crippen LogP contribution in [-0.4, -0.2) is 37.1 Å². The summed E-state index contributed by atoms with van der Waals surface area (Å²) in [5.74, 6) is -6.33. The minimum atomic E-state index is -1.64. The highest BCUT2D eigenvalue weighted by Crippen LogP contribution is 2.46. The normalized spacial score (nSPS) is 17.8. The molecule has 4 rings (SSSR count). The molecule has 0 spiro atoms. The van der Waals surface area contributed by atoms with Crippen molar-refractivity contribution in [2.45, 2.75) is 79.1 Å². The second-order valence-electron chi connectivity index (χ2n) is 13.2. The summed E-state index contributed by atoms with van der Waals surface area (Å²) < 4.78 is 21.6. The summed E-state index contributed by atoms with van der Waals surface area (Å²) >= 11 is 37.6. The lowest BCUT2D eigenvalue weighted by Gasteiger charge is -2.31. The number of carbonyl (C=O) groups is 4. The Morgan fingerprint density at radius 2 is 0.917 bits per heavy atom. The second kappa shape index (κ2) is 15.9. The van der Waals surface area contributed by atoms with Crippen LogP contribution in [-0.2, 0) is 19.1 Å². The van der Waals surface area contributed by atoms with Crippen molar-refractivity contribution < 1.29 is 38.1 Å². The SMILES string of the molecule is CC(COC(=O)c1c(Cl)c(Cl)cc(Cl)c1OC(=O)C(=O)Oc1c(Cl)cc(Cl)c(Cl)c1C(=O)OCC(C)C1(C)CCCC1)C1(C)CCCC1. The van der Waals surface area contributed by atoms with Crippen LogP contribution in [0.25, 0.3) is 0 Å². The summed E-state index contributed by atoms with van der Waals surface area (Å²) in [6, 6.07) is 2.27. The molecule has 2 saturated carbocycles. The maximum Gasteiger partial charge on any atom is 0.423 e. The molecule has 0 bridgehead atoms. The number of ether oxygens (including phenoxy) is 4. The molecule has 0 aliphatic heterocycles. The van der Waals surface area contributed by atoms with Crippen LogP contribution < -0.4 is 9.47 Å². The second-order valence-corrected chi connectivity index (χ2v) is 15.6. The molecule has 48 heavy (non-hydrogen) atoms. The van der Waals surface area contributed by atoms with Crippen LogP contribution >= 0.6 is 69.6 Å². The summed E-state index contributed by atoms with van der Waals surface area (Å²) in [5.41, 5.74) is -0.918. The largest absolute Gasteiger partial charge is 0.462 e. The van der Waals surface area contributed by atoms with Gasteiger partial charge in [-0.3, -0.25) is 0 Å². The van der Waals surface area contributed by atoms with Gasteiger partial charge in [0.2, 0.25) is 0 Å². The van der Waals surface area contributed by atoms with E-state index in [0.29, 0.717) is 0 Å². The van der Waals surface area contributed by atoms with Gasteiger partial charge in [0, 0.05) is 0 Å². The Labute approximate surface area is 309 Å². The molecule has 14 heteroatoms. The molecule has 2 aromatic rings. The number of benzene rings is 2. The average molecular weight is 785 g/mol. The Bertz CT molecular complexity index is 1480. The molecule has 0 N–H and O–H groups in total. The number of hydrogen-bond donors (Lipinski definition) is 0. The molecule has 8 nitrogen and oxygen atoms in total. The first-order chi connectivity index (χ1) is 22.5. The summed E-state index contributed by atoms with van der Waals surface area (Å²) in [7, 11) is 0. The van der Waals surface area contributed by atoms with Crippen molar-refractivity contribution in [1.29, 1.82) is 0 Å². The number of hydrogen-bond acceptors (Lipinski definition) is 8. The zero-order valence-corrected chi connectivity index (χ0v) is 31.4. The van der Waals surface area contributed by atoms with Crippen molar-refractivity contribution in [3.05, 3.63) is 53.4 Å². The Morgan fingerprint density at radius 1 is 0.604 bits per heavy atom. The molecule has 0 amide bonds. The third-order valence-corrected chi connectivity index (χ3v) is 12.2. The van der Waals surface area contributed by atoms with Gasteiger partial charge in [-0.1, -0.05) is 123 Å². The van der Waals surface area contributed by atoms with E-state index in [1.54, 1.807) is 0 Å². The number of rotatable bonds is 10. The van der Waals surface area contributed by atoms with Gasteiger partial charge < -0.3 is 18.9 Å². The van der Waals surface area contributed by atoms with Crippen LogP contribution in [0.15, 0.2) is 12.1 Å². The molecule has 2 aliphatic carbocycles. The zero-order valence-electron chi connectivity index (χ0n) is 26.9. The van der Waals surface area contributed by atoms with Gasteiger partial charge in [-0.25, -0.2) is 19.2 Å². The van der Waals surface area contributed by atoms with E-state index in [0.717, 1.165) is 63.5 Å². The van der Waals surface area contributed by atoms with Crippen LogP contribution in [0.1, 0.15) is 99.8 Å². The third kappa shape index (κ3) is 8.50. The summed E-state index contributed by atoms with van der Waals surface area (Å²) in [5, 5.41) is -1.46. The van der Waals surface area contributed by atoms with Gasteiger partial charge in [-0.2, -0.15) is 0 Å². The highest BCUT2D eigenvalue weighted by atomic mass is 35.5. The smallest absolute Gasteiger partial charge is 0.423 e. The molecule has 2 aliphatic rings. The zero-order chi connectivity index (χ0) is 35.6. The third-order valence-electron chi connectivity index (χ3n) is 10.0. The fourth-order valence-corrected chi connectivity index (χ4v) is 7.73. The van der Waals surface area contributed by atoms with Gasteiger partial charge in [-0.05, 0) is 60.5 Å². The van der Waals surface area contributed by atoms with Crippen molar-refractivity contribution >= 4 is 93.5 Å². The lowest BCUT2D eigenvalue weighted by atomic mass is 9.77. The van der Waals surface area contributed by atoms with E-state index in [9.17, 15) is 19.2 Å². The average Bonchev–Trinajstić information content (AvgIpc) is 3.69. The van der Waals surface area contributed by atoms with E-state index in [1.807, 2.05) is 13.8 Å². The molecular formula is C34H36Cl6O8. The van der Waals surface area contributed by atoms with Crippen LogP contribution in [0.4, 0.5) is 0 Å². The molecule has 2 aromatic carbocycles. The standard InChI is InChI=1S/C34H36Cl6O8/c1-17(33(3)9-5-6-10-33)15-45-29(41)23-25(39)19(35)13-21(37)27(23)47-31(43)32(44)48-28-22(38)14-20(36)26(40)24(28)30(42)46-16-18(2)34(4)11-7-8-12-34/h13-14,17-18H,5-12,15-16H2,1-4H3. The van der Waals surface area contributed by atoms with Crippen LogP contribution in [0, 0.1) is 22.7 Å². The van der Waals surface area contributed by atoms with Gasteiger partial charge >= 0.3 is 23.9 Å². The Balaban J connectivity index is 1.53. The molecule has 0 radical (unpaired) electrons. The van der Waals surface area contributed by atoms with Gasteiger partial charge in [0.1, 0.15) is 11.1 Å². The van der Waals surface area contributed by atoms with Crippen LogP contribution in [0.5, 0.6) is 11.5 Å². The topological polar surface area (TPSA) is 105 Å². The Kier molecular flexibility index (Phi) is 12.9. The maximum absolute atomic E-state index is 13.3. The molecular weight excluding hydrogens is 749 g/mol. The predicted octanol–water partition coefficient (Wildman–Crippen LogP) is 10.9. The fraction of sp³-hybridized carbons (Fsp3) is 0.529. The molecule has 0 heterocycles. The van der Waals surface area contributed by atoms with Gasteiger partial charge in [-0.15, -0.1) is 0 Å². The van der Waals surface area contributed by atoms with E-state index >= 15 is 0 Å². The van der Waals surface area contributed by atoms with Gasteiger partial charge in [0.25, 0.3) is 0 Å². The maximum atomic E-state index is 13.3. The van der Waals surface area contributed by atoms with Crippen LogP contribution in [0.3, 0.4) is 0 Å². The van der Waals surface area contributed by atoms with Crippen LogP contribution in [0.2, 0.25) is 30.1 Å². The van der Waals surface area contributed by atoms with Crippen molar-refractivity contribution in [3.63, 3.8) is 0 Å².